The molecule has 1 aliphatic rings. The summed E-state index contributed by atoms with van der Waals surface area (Å²) in [6, 6.07) is 1.00. The molecule has 126 valence electrons. The fourth-order valence-electron chi connectivity index (χ4n) is 2.62. The van der Waals surface area contributed by atoms with Crippen molar-refractivity contribution in [2.24, 2.45) is 10.9 Å². The highest BCUT2D eigenvalue weighted by atomic mass is 127. The summed E-state index contributed by atoms with van der Waals surface area (Å²) in [4.78, 5) is 7.34. The van der Waals surface area contributed by atoms with Crippen molar-refractivity contribution in [2.45, 2.75) is 66.0 Å². The molecule has 0 aliphatic carbocycles. The van der Waals surface area contributed by atoms with E-state index in [1.165, 1.54) is 25.9 Å². The van der Waals surface area contributed by atoms with Crippen LogP contribution in [0.4, 0.5) is 0 Å². The van der Waals surface area contributed by atoms with Gasteiger partial charge in [0.05, 0.1) is 6.54 Å². The molecule has 21 heavy (non-hydrogen) atoms. The molecule has 3 atom stereocenters. The van der Waals surface area contributed by atoms with Crippen molar-refractivity contribution >= 4 is 29.9 Å². The summed E-state index contributed by atoms with van der Waals surface area (Å²) in [5, 5.41) is 6.79. The standard InChI is InChI=1S/C16H34N4.HI/c1-6-14(4)19-16(17-7-2)18-11-15(5)20-10-8-9-13(3)12-20;/h13-15H,6-12H2,1-5H3,(H2,17,18,19);1H. The number of likely N-dealkylation sites (tertiary alicyclic amines) is 1. The number of nitrogens with one attached hydrogen (secondary N) is 2. The van der Waals surface area contributed by atoms with Crippen LogP contribution in [-0.2, 0) is 0 Å². The molecule has 0 saturated carbocycles. The number of guanidine groups is 1. The van der Waals surface area contributed by atoms with Crippen LogP contribution in [0, 0.1) is 5.92 Å². The average Bonchev–Trinajstić information content (AvgIpc) is 2.44. The van der Waals surface area contributed by atoms with Crippen LogP contribution >= 0.6 is 24.0 Å². The van der Waals surface area contributed by atoms with Crippen molar-refractivity contribution in [2.75, 3.05) is 26.2 Å². The van der Waals surface area contributed by atoms with Gasteiger partial charge in [-0.2, -0.15) is 0 Å². The van der Waals surface area contributed by atoms with Gasteiger partial charge in [0.25, 0.3) is 0 Å². The fourth-order valence-corrected chi connectivity index (χ4v) is 2.62. The molecule has 1 saturated heterocycles. The number of hydrogen-bond acceptors (Lipinski definition) is 2. The zero-order valence-corrected chi connectivity index (χ0v) is 16.8. The second-order valence-electron chi connectivity index (χ2n) is 6.26. The Labute approximate surface area is 148 Å². The Morgan fingerprint density at radius 1 is 1.33 bits per heavy atom. The Balaban J connectivity index is 0.00000400. The first-order valence-corrected chi connectivity index (χ1v) is 8.35. The number of piperidine rings is 1. The van der Waals surface area contributed by atoms with Crippen LogP contribution in [0.2, 0.25) is 0 Å². The molecule has 0 aromatic carbocycles. The van der Waals surface area contributed by atoms with Crippen LogP contribution in [0.25, 0.3) is 0 Å². The predicted octanol–water partition coefficient (Wildman–Crippen LogP) is 3.08. The van der Waals surface area contributed by atoms with Gasteiger partial charge in [0.1, 0.15) is 0 Å². The number of nitrogens with zero attached hydrogens (tertiary/aromatic N) is 2. The molecule has 0 bridgehead atoms. The first-order valence-electron chi connectivity index (χ1n) is 8.35. The predicted molar refractivity (Wildman–Crippen MR) is 104 cm³/mol. The first kappa shape index (κ1) is 21.0. The Hall–Kier alpha value is -0.0400. The molecule has 4 nitrogen and oxygen atoms in total. The van der Waals surface area contributed by atoms with Gasteiger partial charge in [0.2, 0.25) is 0 Å². The smallest absolute Gasteiger partial charge is 0.191 e. The number of rotatable bonds is 6. The van der Waals surface area contributed by atoms with E-state index in [2.05, 4.69) is 50.2 Å². The van der Waals surface area contributed by atoms with E-state index in [9.17, 15) is 0 Å². The Kier molecular flexibility index (Phi) is 11.5. The Morgan fingerprint density at radius 2 is 2.05 bits per heavy atom. The zero-order chi connectivity index (χ0) is 15.0. The quantitative estimate of drug-likeness (QED) is 0.402. The van der Waals surface area contributed by atoms with E-state index in [4.69, 9.17) is 4.99 Å². The molecule has 1 fully saturated rings. The molecule has 1 heterocycles. The normalized spacial score (nSPS) is 23.1. The molecule has 2 N–H and O–H groups in total. The van der Waals surface area contributed by atoms with E-state index in [1.807, 2.05) is 0 Å². The maximum Gasteiger partial charge on any atom is 0.191 e. The fraction of sp³-hybridized carbons (Fsp3) is 0.938. The molecule has 1 rings (SSSR count). The highest BCUT2D eigenvalue weighted by Gasteiger charge is 2.20. The van der Waals surface area contributed by atoms with E-state index in [-0.39, 0.29) is 24.0 Å². The highest BCUT2D eigenvalue weighted by molar-refractivity contribution is 14.0. The van der Waals surface area contributed by atoms with Crippen LogP contribution in [0.3, 0.4) is 0 Å². The van der Waals surface area contributed by atoms with Gasteiger partial charge in [-0.15, -0.1) is 24.0 Å². The van der Waals surface area contributed by atoms with Crippen LogP contribution < -0.4 is 10.6 Å². The lowest BCUT2D eigenvalue weighted by atomic mass is 9.99. The lowest BCUT2D eigenvalue weighted by molar-refractivity contribution is 0.142. The van der Waals surface area contributed by atoms with Gasteiger partial charge in [-0.05, 0) is 52.5 Å². The van der Waals surface area contributed by atoms with Crippen LogP contribution in [-0.4, -0.2) is 49.1 Å². The first-order chi connectivity index (χ1) is 9.56. The maximum absolute atomic E-state index is 4.75. The minimum atomic E-state index is 0. The molecule has 0 amide bonds. The molecule has 0 aromatic rings. The number of aliphatic imine (C=N–C) groups is 1. The molecule has 0 spiro atoms. The monoisotopic (exact) mass is 410 g/mol. The lowest BCUT2D eigenvalue weighted by Crippen LogP contribution is -2.45. The van der Waals surface area contributed by atoms with Crippen molar-refractivity contribution in [3.05, 3.63) is 0 Å². The van der Waals surface area contributed by atoms with Crippen LogP contribution in [0.1, 0.15) is 53.9 Å². The van der Waals surface area contributed by atoms with E-state index in [0.29, 0.717) is 12.1 Å². The van der Waals surface area contributed by atoms with Gasteiger partial charge >= 0.3 is 0 Å². The molecule has 0 radical (unpaired) electrons. The number of halogens is 1. The Morgan fingerprint density at radius 3 is 2.62 bits per heavy atom. The van der Waals surface area contributed by atoms with Gasteiger partial charge in [-0.1, -0.05) is 13.8 Å². The van der Waals surface area contributed by atoms with Crippen molar-refractivity contribution in [3.8, 4) is 0 Å². The molecule has 0 aromatic heterocycles. The van der Waals surface area contributed by atoms with E-state index >= 15 is 0 Å². The summed E-state index contributed by atoms with van der Waals surface area (Å²) < 4.78 is 0. The summed E-state index contributed by atoms with van der Waals surface area (Å²) in [5.41, 5.74) is 0. The third kappa shape index (κ3) is 8.24. The van der Waals surface area contributed by atoms with Crippen molar-refractivity contribution in [1.29, 1.82) is 0 Å². The molecule has 1 aliphatic heterocycles. The second-order valence-corrected chi connectivity index (χ2v) is 6.26. The van der Waals surface area contributed by atoms with Gasteiger partial charge < -0.3 is 10.6 Å². The second kappa shape index (κ2) is 11.5. The Bertz CT molecular complexity index is 296. The van der Waals surface area contributed by atoms with Gasteiger partial charge in [0, 0.05) is 25.2 Å². The summed E-state index contributed by atoms with van der Waals surface area (Å²) in [6.07, 6.45) is 3.83. The highest BCUT2D eigenvalue weighted by Crippen LogP contribution is 2.17. The summed E-state index contributed by atoms with van der Waals surface area (Å²) in [7, 11) is 0. The third-order valence-electron chi connectivity index (χ3n) is 4.17. The molecular formula is C16H35IN4. The van der Waals surface area contributed by atoms with E-state index < -0.39 is 0 Å². The van der Waals surface area contributed by atoms with Gasteiger partial charge in [-0.3, -0.25) is 9.89 Å². The minimum Gasteiger partial charge on any atom is -0.357 e. The van der Waals surface area contributed by atoms with E-state index in [0.717, 1.165) is 31.4 Å². The van der Waals surface area contributed by atoms with Gasteiger partial charge in [-0.25, -0.2) is 0 Å². The van der Waals surface area contributed by atoms with Crippen molar-refractivity contribution in [3.63, 3.8) is 0 Å². The third-order valence-corrected chi connectivity index (χ3v) is 4.17. The summed E-state index contributed by atoms with van der Waals surface area (Å²) >= 11 is 0. The van der Waals surface area contributed by atoms with Crippen molar-refractivity contribution in [1.82, 2.24) is 15.5 Å². The maximum atomic E-state index is 4.75. The van der Waals surface area contributed by atoms with E-state index in [1.54, 1.807) is 0 Å². The zero-order valence-electron chi connectivity index (χ0n) is 14.5. The topological polar surface area (TPSA) is 39.7 Å². The summed E-state index contributed by atoms with van der Waals surface area (Å²) in [5.74, 6) is 1.79. The number of hydrogen-bond donors (Lipinski definition) is 2. The van der Waals surface area contributed by atoms with Gasteiger partial charge in [0.15, 0.2) is 5.96 Å². The summed E-state index contributed by atoms with van der Waals surface area (Å²) in [6.45, 7) is 15.4. The SMILES string of the molecule is CCNC(=NCC(C)N1CCCC(C)C1)NC(C)CC.I. The average molecular weight is 410 g/mol. The molecule has 5 heteroatoms. The minimum absolute atomic E-state index is 0. The largest absolute Gasteiger partial charge is 0.357 e. The molecule has 3 unspecified atom stereocenters. The van der Waals surface area contributed by atoms with Crippen LogP contribution in [0.5, 0.6) is 0 Å². The van der Waals surface area contributed by atoms with Crippen molar-refractivity contribution < 1.29 is 0 Å². The molecular weight excluding hydrogens is 375 g/mol. The van der Waals surface area contributed by atoms with Crippen LogP contribution in [0.15, 0.2) is 4.99 Å². The lowest BCUT2D eigenvalue weighted by Gasteiger charge is -2.35.